The van der Waals surface area contributed by atoms with Crippen molar-refractivity contribution in [2.24, 2.45) is 0 Å². The van der Waals surface area contributed by atoms with E-state index in [2.05, 4.69) is 5.32 Å². The van der Waals surface area contributed by atoms with Gasteiger partial charge in [-0.1, -0.05) is 76.7 Å². The van der Waals surface area contributed by atoms with Crippen molar-refractivity contribution in [2.75, 3.05) is 5.32 Å². The molecule has 0 radical (unpaired) electrons. The minimum absolute atomic E-state index is 0.404. The van der Waals surface area contributed by atoms with Crippen LogP contribution >= 0.6 is 46.4 Å². The minimum Gasteiger partial charge on any atom is -0.486 e. The summed E-state index contributed by atoms with van der Waals surface area (Å²) >= 11 is 24.6. The van der Waals surface area contributed by atoms with Gasteiger partial charge >= 0.3 is 0 Å². The molecule has 0 saturated carbocycles. The third-order valence-corrected chi connectivity index (χ3v) is 5.00. The second kappa shape index (κ2) is 8.88. The van der Waals surface area contributed by atoms with Crippen molar-refractivity contribution in [2.45, 2.75) is 13.2 Å². The van der Waals surface area contributed by atoms with Crippen LogP contribution in [-0.2, 0) is 13.2 Å². The first kappa shape index (κ1) is 19.2. The van der Waals surface area contributed by atoms with Crippen LogP contribution in [0, 0.1) is 0 Å². The summed E-state index contributed by atoms with van der Waals surface area (Å²) in [5, 5.41) is 5.22. The van der Waals surface area contributed by atoms with Crippen LogP contribution in [0.2, 0.25) is 20.1 Å². The third-order valence-electron chi connectivity index (χ3n) is 3.70. The van der Waals surface area contributed by atoms with Gasteiger partial charge in [-0.2, -0.15) is 0 Å². The van der Waals surface area contributed by atoms with Gasteiger partial charge in [0.05, 0.1) is 20.1 Å². The fourth-order valence-electron chi connectivity index (χ4n) is 2.39. The SMILES string of the molecule is Clc1ccc(NCc2cc(Cl)c(OCc3ccccc3)c(Cl)c2)cc1Cl. The maximum Gasteiger partial charge on any atom is 0.156 e. The molecule has 0 aliphatic carbocycles. The molecule has 0 aliphatic heterocycles. The molecule has 0 aliphatic rings. The summed E-state index contributed by atoms with van der Waals surface area (Å²) in [6.07, 6.45) is 0. The largest absolute Gasteiger partial charge is 0.486 e. The number of hydrogen-bond acceptors (Lipinski definition) is 2. The molecule has 0 saturated heterocycles. The Morgan fingerprint density at radius 1 is 0.692 bits per heavy atom. The topological polar surface area (TPSA) is 21.3 Å². The van der Waals surface area contributed by atoms with E-state index in [9.17, 15) is 0 Å². The molecule has 0 aromatic heterocycles. The zero-order chi connectivity index (χ0) is 18.5. The van der Waals surface area contributed by atoms with Crippen LogP contribution < -0.4 is 10.1 Å². The summed E-state index contributed by atoms with van der Waals surface area (Å²) in [7, 11) is 0. The van der Waals surface area contributed by atoms with Gasteiger partial charge in [0.15, 0.2) is 5.75 Å². The van der Waals surface area contributed by atoms with Gasteiger partial charge in [-0.25, -0.2) is 0 Å². The Balaban J connectivity index is 1.67. The fourth-order valence-corrected chi connectivity index (χ4v) is 3.33. The van der Waals surface area contributed by atoms with E-state index in [1.807, 2.05) is 48.5 Å². The highest BCUT2D eigenvalue weighted by Gasteiger charge is 2.10. The fraction of sp³-hybridized carbons (Fsp3) is 0.100. The normalized spacial score (nSPS) is 10.6. The van der Waals surface area contributed by atoms with Crippen LogP contribution in [0.15, 0.2) is 60.7 Å². The molecule has 0 fully saturated rings. The molecule has 0 unspecified atom stereocenters. The predicted octanol–water partition coefficient (Wildman–Crippen LogP) is 7.49. The van der Waals surface area contributed by atoms with Crippen molar-refractivity contribution in [1.29, 1.82) is 0 Å². The number of halogens is 4. The van der Waals surface area contributed by atoms with Gasteiger partial charge in [0, 0.05) is 12.2 Å². The van der Waals surface area contributed by atoms with E-state index < -0.39 is 0 Å². The molecule has 3 rings (SSSR count). The molecule has 0 atom stereocenters. The van der Waals surface area contributed by atoms with Crippen molar-refractivity contribution >= 4 is 52.1 Å². The second-order valence-electron chi connectivity index (χ2n) is 5.65. The van der Waals surface area contributed by atoms with Gasteiger partial charge < -0.3 is 10.1 Å². The van der Waals surface area contributed by atoms with Crippen molar-refractivity contribution in [3.05, 3.63) is 91.9 Å². The number of ether oxygens (including phenoxy) is 1. The van der Waals surface area contributed by atoms with E-state index in [0.717, 1.165) is 16.8 Å². The van der Waals surface area contributed by atoms with E-state index in [4.69, 9.17) is 51.1 Å². The van der Waals surface area contributed by atoms with E-state index in [1.54, 1.807) is 12.1 Å². The average Bonchev–Trinajstić information content (AvgIpc) is 2.63. The van der Waals surface area contributed by atoms with Gasteiger partial charge in [0.1, 0.15) is 6.61 Å². The molecule has 3 aromatic carbocycles. The molecule has 6 heteroatoms. The molecule has 0 bridgehead atoms. The van der Waals surface area contributed by atoms with E-state index in [1.165, 1.54) is 0 Å². The summed E-state index contributed by atoms with van der Waals surface area (Å²) in [5.74, 6) is 0.482. The lowest BCUT2D eigenvalue weighted by Crippen LogP contribution is -2.01. The van der Waals surface area contributed by atoms with Gasteiger partial charge in [0.25, 0.3) is 0 Å². The highest BCUT2D eigenvalue weighted by Crippen LogP contribution is 2.35. The Hall–Kier alpha value is -1.58. The number of anilines is 1. The molecule has 2 nitrogen and oxygen atoms in total. The van der Waals surface area contributed by atoms with Crippen LogP contribution in [0.5, 0.6) is 5.75 Å². The van der Waals surface area contributed by atoms with Crippen LogP contribution in [0.25, 0.3) is 0 Å². The Morgan fingerprint density at radius 3 is 2.04 bits per heavy atom. The predicted molar refractivity (Wildman–Crippen MR) is 111 cm³/mol. The summed E-state index contributed by atoms with van der Waals surface area (Å²) in [4.78, 5) is 0. The van der Waals surface area contributed by atoms with Crippen LogP contribution in [0.4, 0.5) is 5.69 Å². The quantitative estimate of drug-likeness (QED) is 0.440. The van der Waals surface area contributed by atoms with E-state index >= 15 is 0 Å². The molecule has 1 N–H and O–H groups in total. The number of benzene rings is 3. The maximum absolute atomic E-state index is 6.35. The summed E-state index contributed by atoms with van der Waals surface area (Å²) in [6.45, 7) is 0.942. The maximum atomic E-state index is 6.35. The van der Waals surface area contributed by atoms with Gasteiger partial charge in [-0.15, -0.1) is 0 Å². The highest BCUT2D eigenvalue weighted by molar-refractivity contribution is 6.42. The lowest BCUT2D eigenvalue weighted by Gasteiger charge is -2.13. The molecule has 134 valence electrons. The van der Waals surface area contributed by atoms with Gasteiger partial charge in [-0.05, 0) is 41.5 Å². The Labute approximate surface area is 172 Å². The van der Waals surface area contributed by atoms with Crippen LogP contribution in [-0.4, -0.2) is 0 Å². The standard InChI is InChI=1S/C20H15Cl4NO/c21-16-7-6-15(10-17(16)22)25-11-14-8-18(23)20(19(24)9-14)26-12-13-4-2-1-3-5-13/h1-10,25H,11-12H2. The molecule has 0 spiro atoms. The number of hydrogen-bond donors (Lipinski definition) is 1. The highest BCUT2D eigenvalue weighted by atomic mass is 35.5. The van der Waals surface area contributed by atoms with Crippen LogP contribution in [0.3, 0.4) is 0 Å². The first-order valence-corrected chi connectivity index (χ1v) is 9.37. The molecular formula is C20H15Cl4NO. The summed E-state index contributed by atoms with van der Waals surface area (Å²) in [5.41, 5.74) is 2.83. The Kier molecular flexibility index (Phi) is 6.55. The minimum atomic E-state index is 0.404. The van der Waals surface area contributed by atoms with Crippen molar-refractivity contribution < 1.29 is 4.74 Å². The monoisotopic (exact) mass is 425 g/mol. The van der Waals surface area contributed by atoms with E-state index in [0.29, 0.717) is 39.0 Å². The Morgan fingerprint density at radius 2 is 1.38 bits per heavy atom. The second-order valence-corrected chi connectivity index (χ2v) is 7.27. The first-order valence-electron chi connectivity index (χ1n) is 7.86. The molecule has 26 heavy (non-hydrogen) atoms. The molecule has 0 heterocycles. The number of nitrogens with one attached hydrogen (secondary N) is 1. The smallest absolute Gasteiger partial charge is 0.156 e. The summed E-state index contributed by atoms with van der Waals surface area (Å²) < 4.78 is 5.78. The van der Waals surface area contributed by atoms with Gasteiger partial charge in [-0.3, -0.25) is 0 Å². The lowest BCUT2D eigenvalue weighted by atomic mass is 10.2. The van der Waals surface area contributed by atoms with E-state index in [-0.39, 0.29) is 0 Å². The lowest BCUT2D eigenvalue weighted by molar-refractivity contribution is 0.306. The van der Waals surface area contributed by atoms with Crippen LogP contribution in [0.1, 0.15) is 11.1 Å². The molecular weight excluding hydrogens is 412 g/mol. The third kappa shape index (κ3) is 4.99. The average molecular weight is 427 g/mol. The summed E-state index contributed by atoms with van der Waals surface area (Å²) in [6, 6.07) is 18.9. The van der Waals surface area contributed by atoms with Crippen molar-refractivity contribution in [3.63, 3.8) is 0 Å². The zero-order valence-electron chi connectivity index (χ0n) is 13.6. The van der Waals surface area contributed by atoms with Gasteiger partial charge in [0.2, 0.25) is 0 Å². The zero-order valence-corrected chi connectivity index (χ0v) is 16.6. The molecule has 3 aromatic rings. The Bertz CT molecular complexity index is 877. The molecule has 0 amide bonds. The number of rotatable bonds is 6. The van der Waals surface area contributed by atoms with Crippen molar-refractivity contribution in [3.8, 4) is 5.75 Å². The first-order chi connectivity index (χ1) is 12.5. The van der Waals surface area contributed by atoms with Crippen molar-refractivity contribution in [1.82, 2.24) is 0 Å².